The molecule has 2 aromatic rings. The molecule has 5 heteroatoms. The Morgan fingerprint density at radius 2 is 1.95 bits per heavy atom. The molecule has 1 heterocycles. The van der Waals surface area contributed by atoms with Crippen LogP contribution >= 0.6 is 12.4 Å². The molecule has 0 radical (unpaired) electrons. The molecule has 1 fully saturated rings. The minimum atomic E-state index is 0. The molecule has 0 atom stereocenters. The molecule has 1 saturated carbocycles. The lowest BCUT2D eigenvalue weighted by molar-refractivity contribution is 0.362. The predicted molar refractivity (Wildman–Crippen MR) is 79.8 cm³/mol. The fourth-order valence-corrected chi connectivity index (χ4v) is 2.07. The summed E-state index contributed by atoms with van der Waals surface area (Å²) in [6, 6.07) is 10.4. The largest absolute Gasteiger partial charge is 0.338 e. The Bertz CT molecular complexity index is 511. The van der Waals surface area contributed by atoms with E-state index >= 15 is 0 Å². The zero-order valence-corrected chi connectivity index (χ0v) is 12.2. The van der Waals surface area contributed by atoms with Crippen molar-refractivity contribution < 1.29 is 4.52 Å². The van der Waals surface area contributed by atoms with Gasteiger partial charge in [-0.1, -0.05) is 35.5 Å². The molecule has 20 heavy (non-hydrogen) atoms. The zero-order chi connectivity index (χ0) is 12.9. The fourth-order valence-electron chi connectivity index (χ4n) is 2.07. The van der Waals surface area contributed by atoms with Crippen LogP contribution in [-0.2, 0) is 19.4 Å². The van der Waals surface area contributed by atoms with Crippen LogP contribution in [0.5, 0.6) is 0 Å². The number of hydrogen-bond donors (Lipinski definition) is 1. The number of halogens is 1. The van der Waals surface area contributed by atoms with Gasteiger partial charge in [0.25, 0.3) is 0 Å². The second-order valence-electron chi connectivity index (χ2n) is 5.16. The van der Waals surface area contributed by atoms with Crippen molar-refractivity contribution in [3.63, 3.8) is 0 Å². The third-order valence-corrected chi connectivity index (χ3v) is 3.40. The summed E-state index contributed by atoms with van der Waals surface area (Å²) in [6.07, 6.45) is 4.50. The summed E-state index contributed by atoms with van der Waals surface area (Å²) in [4.78, 5) is 4.40. The van der Waals surface area contributed by atoms with E-state index in [2.05, 4.69) is 39.7 Å². The lowest BCUT2D eigenvalue weighted by atomic mass is 10.1. The summed E-state index contributed by atoms with van der Waals surface area (Å²) < 4.78 is 5.23. The van der Waals surface area contributed by atoms with Crippen LogP contribution in [0.1, 0.15) is 30.1 Å². The van der Waals surface area contributed by atoms with Crippen LogP contribution in [0.3, 0.4) is 0 Å². The number of hydrogen-bond acceptors (Lipinski definition) is 4. The zero-order valence-electron chi connectivity index (χ0n) is 11.4. The van der Waals surface area contributed by atoms with E-state index in [4.69, 9.17) is 4.52 Å². The lowest BCUT2D eigenvalue weighted by Gasteiger charge is -1.97. The van der Waals surface area contributed by atoms with Gasteiger partial charge in [0.2, 0.25) is 5.89 Å². The summed E-state index contributed by atoms with van der Waals surface area (Å²) >= 11 is 0. The summed E-state index contributed by atoms with van der Waals surface area (Å²) in [5.74, 6) is 2.37. The molecule has 3 rings (SSSR count). The van der Waals surface area contributed by atoms with Gasteiger partial charge in [0, 0.05) is 6.42 Å². The Hall–Kier alpha value is -1.39. The van der Waals surface area contributed by atoms with Crippen LogP contribution < -0.4 is 5.32 Å². The Morgan fingerprint density at radius 3 is 2.70 bits per heavy atom. The van der Waals surface area contributed by atoms with E-state index in [1.807, 2.05) is 6.07 Å². The molecule has 1 N–H and O–H groups in total. The molecule has 1 aromatic heterocycles. The van der Waals surface area contributed by atoms with E-state index in [-0.39, 0.29) is 12.4 Å². The molecule has 1 aromatic carbocycles. The predicted octanol–water partition coefficient (Wildman–Crippen LogP) is 2.78. The highest BCUT2D eigenvalue weighted by Gasteiger charge is 2.20. The van der Waals surface area contributed by atoms with Crippen LogP contribution in [0.2, 0.25) is 0 Å². The molecule has 0 spiro atoms. The molecule has 1 aliphatic rings. The van der Waals surface area contributed by atoms with Gasteiger partial charge in [-0.3, -0.25) is 0 Å². The third kappa shape index (κ3) is 4.62. The topological polar surface area (TPSA) is 51.0 Å². The standard InChI is InChI=1S/C15H19N3O.ClH/c1-2-4-12(5-3-1)8-9-14-17-15(19-18-14)11-16-10-13-6-7-13;/h1-5,13,16H,6-11H2;1H. The molecule has 4 nitrogen and oxygen atoms in total. The molecule has 0 saturated heterocycles. The first kappa shape index (κ1) is 15.0. The van der Waals surface area contributed by atoms with Crippen LogP contribution in [0.25, 0.3) is 0 Å². The maximum absolute atomic E-state index is 5.23. The van der Waals surface area contributed by atoms with Crippen molar-refractivity contribution in [3.05, 3.63) is 47.6 Å². The van der Waals surface area contributed by atoms with Gasteiger partial charge in [-0.05, 0) is 37.3 Å². The maximum atomic E-state index is 5.23. The first-order valence-electron chi connectivity index (χ1n) is 6.96. The van der Waals surface area contributed by atoms with Crippen molar-refractivity contribution >= 4 is 12.4 Å². The number of nitrogens with zero attached hydrogens (tertiary/aromatic N) is 2. The van der Waals surface area contributed by atoms with Crippen LogP contribution in [0, 0.1) is 5.92 Å². The van der Waals surface area contributed by atoms with E-state index in [1.54, 1.807) is 0 Å². The van der Waals surface area contributed by atoms with Gasteiger partial charge < -0.3 is 9.84 Å². The van der Waals surface area contributed by atoms with Crippen molar-refractivity contribution in [3.8, 4) is 0 Å². The summed E-state index contributed by atoms with van der Waals surface area (Å²) in [5.41, 5.74) is 1.31. The molecule has 108 valence electrons. The fraction of sp³-hybridized carbons (Fsp3) is 0.467. The average molecular weight is 294 g/mol. The van der Waals surface area contributed by atoms with E-state index < -0.39 is 0 Å². The smallest absolute Gasteiger partial charge is 0.240 e. The van der Waals surface area contributed by atoms with Crippen molar-refractivity contribution in [1.29, 1.82) is 0 Å². The third-order valence-electron chi connectivity index (χ3n) is 3.40. The quantitative estimate of drug-likeness (QED) is 0.853. The number of nitrogens with one attached hydrogen (secondary N) is 1. The highest BCUT2D eigenvalue weighted by Crippen LogP contribution is 2.27. The number of aromatic nitrogens is 2. The highest BCUT2D eigenvalue weighted by atomic mass is 35.5. The Morgan fingerprint density at radius 1 is 1.15 bits per heavy atom. The summed E-state index contributed by atoms with van der Waals surface area (Å²) in [6.45, 7) is 1.76. The van der Waals surface area contributed by atoms with Crippen LogP contribution in [-0.4, -0.2) is 16.7 Å². The van der Waals surface area contributed by atoms with E-state index in [0.717, 1.165) is 31.1 Å². The summed E-state index contributed by atoms with van der Waals surface area (Å²) in [7, 11) is 0. The van der Waals surface area contributed by atoms with E-state index in [1.165, 1.54) is 18.4 Å². The monoisotopic (exact) mass is 293 g/mol. The van der Waals surface area contributed by atoms with Crippen molar-refractivity contribution in [1.82, 2.24) is 15.5 Å². The second-order valence-corrected chi connectivity index (χ2v) is 5.16. The Labute approximate surface area is 125 Å². The van der Waals surface area contributed by atoms with Gasteiger partial charge in [0.15, 0.2) is 5.82 Å². The van der Waals surface area contributed by atoms with Crippen molar-refractivity contribution in [2.24, 2.45) is 5.92 Å². The SMILES string of the molecule is Cl.c1ccc(CCc2noc(CNCC3CC3)n2)cc1. The normalized spacial score (nSPS) is 14.0. The first-order chi connectivity index (χ1) is 9.40. The lowest BCUT2D eigenvalue weighted by Crippen LogP contribution is -2.16. The molecular formula is C15H20ClN3O. The molecule has 1 aliphatic carbocycles. The van der Waals surface area contributed by atoms with Crippen molar-refractivity contribution in [2.75, 3.05) is 6.54 Å². The van der Waals surface area contributed by atoms with Gasteiger partial charge in [0.05, 0.1) is 6.54 Å². The number of aryl methyl sites for hydroxylation is 2. The van der Waals surface area contributed by atoms with Gasteiger partial charge >= 0.3 is 0 Å². The number of benzene rings is 1. The summed E-state index contributed by atoms with van der Waals surface area (Å²) in [5, 5.41) is 7.37. The minimum Gasteiger partial charge on any atom is -0.338 e. The molecule has 0 aliphatic heterocycles. The highest BCUT2D eigenvalue weighted by molar-refractivity contribution is 5.85. The minimum absolute atomic E-state index is 0. The second kappa shape index (κ2) is 7.41. The van der Waals surface area contributed by atoms with E-state index in [9.17, 15) is 0 Å². The Kier molecular flexibility index (Phi) is 5.56. The van der Waals surface area contributed by atoms with Gasteiger partial charge in [0.1, 0.15) is 0 Å². The average Bonchev–Trinajstić information content (AvgIpc) is 3.16. The van der Waals surface area contributed by atoms with Crippen molar-refractivity contribution in [2.45, 2.75) is 32.2 Å². The van der Waals surface area contributed by atoms with Crippen LogP contribution in [0.15, 0.2) is 34.9 Å². The van der Waals surface area contributed by atoms with E-state index in [0.29, 0.717) is 12.4 Å². The first-order valence-corrected chi connectivity index (χ1v) is 6.96. The van der Waals surface area contributed by atoms with Gasteiger partial charge in [-0.2, -0.15) is 4.98 Å². The molecule has 0 bridgehead atoms. The molecule has 0 amide bonds. The number of rotatable bonds is 7. The molecule has 0 unspecified atom stereocenters. The van der Waals surface area contributed by atoms with Crippen LogP contribution in [0.4, 0.5) is 0 Å². The molecular weight excluding hydrogens is 274 g/mol. The maximum Gasteiger partial charge on any atom is 0.240 e. The Balaban J connectivity index is 0.00000147. The van der Waals surface area contributed by atoms with Gasteiger partial charge in [-0.15, -0.1) is 12.4 Å². The van der Waals surface area contributed by atoms with Gasteiger partial charge in [-0.25, -0.2) is 0 Å².